The lowest BCUT2D eigenvalue weighted by atomic mass is 9.93. The van der Waals surface area contributed by atoms with Crippen molar-refractivity contribution >= 4 is 17.2 Å². The van der Waals surface area contributed by atoms with Gasteiger partial charge in [-0.15, -0.1) is 6.42 Å². The molecule has 2 aliphatic heterocycles. The van der Waals surface area contributed by atoms with Crippen LogP contribution < -0.4 is 4.90 Å². The van der Waals surface area contributed by atoms with Gasteiger partial charge >= 0.3 is 0 Å². The van der Waals surface area contributed by atoms with Crippen LogP contribution in [-0.2, 0) is 0 Å². The lowest BCUT2D eigenvalue weighted by Gasteiger charge is -2.35. The van der Waals surface area contributed by atoms with Crippen LogP contribution in [-0.4, -0.2) is 47.6 Å². The van der Waals surface area contributed by atoms with Crippen LogP contribution in [0.2, 0.25) is 0 Å². The molecule has 2 unspecified atom stereocenters. The Bertz CT molecular complexity index is 1100. The highest BCUT2D eigenvalue weighted by Crippen LogP contribution is 2.36. The van der Waals surface area contributed by atoms with Gasteiger partial charge in [0.05, 0.1) is 5.69 Å². The second-order valence-corrected chi connectivity index (χ2v) is 8.50. The fourth-order valence-corrected chi connectivity index (χ4v) is 5.06. The highest BCUT2D eigenvalue weighted by atomic mass is 16.4. The number of terminal acetylenes is 1. The van der Waals surface area contributed by atoms with Crippen molar-refractivity contribution in [2.24, 2.45) is 5.92 Å². The first-order valence-electron chi connectivity index (χ1n) is 10.3. The molecule has 0 N–H and O–H groups in total. The number of aromatic nitrogens is 2. The summed E-state index contributed by atoms with van der Waals surface area (Å²) < 4.78 is 6.13. The van der Waals surface area contributed by atoms with E-state index in [9.17, 15) is 0 Å². The summed E-state index contributed by atoms with van der Waals surface area (Å²) in [6, 6.07) is 9.27. The van der Waals surface area contributed by atoms with Gasteiger partial charge in [-0.25, -0.2) is 4.98 Å². The first kappa shape index (κ1) is 18.2. The standard InChI is InChI=1S/C24H26N4O/c1-5-17-12-15(2)22(16(3)13-17)19-6-7-21-23(25-19)26-24(29-21)28-11-9-18-8-10-27(4)14-20(18)28/h1,6-7,12-13,18,20H,8-11,14H2,2-4H3. The Kier molecular flexibility index (Phi) is 4.33. The van der Waals surface area contributed by atoms with Gasteiger partial charge < -0.3 is 14.2 Å². The molecule has 2 aliphatic rings. The van der Waals surface area contributed by atoms with Crippen LogP contribution >= 0.6 is 0 Å². The third kappa shape index (κ3) is 3.08. The second kappa shape index (κ2) is 6.89. The van der Waals surface area contributed by atoms with Gasteiger partial charge in [-0.3, -0.25) is 0 Å². The van der Waals surface area contributed by atoms with Gasteiger partial charge in [0.25, 0.3) is 6.01 Å². The summed E-state index contributed by atoms with van der Waals surface area (Å²) >= 11 is 0. The average Bonchev–Trinajstić information content (AvgIpc) is 3.30. The predicted molar refractivity (Wildman–Crippen MR) is 116 cm³/mol. The van der Waals surface area contributed by atoms with Crippen molar-refractivity contribution in [3.63, 3.8) is 0 Å². The topological polar surface area (TPSA) is 45.4 Å². The highest BCUT2D eigenvalue weighted by Gasteiger charge is 2.39. The molecule has 5 nitrogen and oxygen atoms in total. The van der Waals surface area contributed by atoms with E-state index in [0.29, 0.717) is 17.7 Å². The van der Waals surface area contributed by atoms with E-state index in [1.165, 1.54) is 19.4 Å². The number of likely N-dealkylation sites (tertiary alicyclic amines) is 1. The van der Waals surface area contributed by atoms with E-state index in [1.54, 1.807) is 0 Å². The maximum atomic E-state index is 6.13. The van der Waals surface area contributed by atoms with Crippen LogP contribution in [0.1, 0.15) is 29.5 Å². The van der Waals surface area contributed by atoms with Gasteiger partial charge in [0.2, 0.25) is 5.65 Å². The van der Waals surface area contributed by atoms with Crippen molar-refractivity contribution in [1.82, 2.24) is 14.9 Å². The fraction of sp³-hybridized carbons (Fsp3) is 0.417. The van der Waals surface area contributed by atoms with Crippen LogP contribution in [0.4, 0.5) is 6.01 Å². The SMILES string of the molecule is C#Cc1cc(C)c(-c2ccc3oc(N4CCC5CCN(C)CC54)nc3n2)c(C)c1. The minimum Gasteiger partial charge on any atom is -0.422 e. The molecule has 2 aromatic heterocycles. The van der Waals surface area contributed by atoms with Gasteiger partial charge in [0.1, 0.15) is 0 Å². The van der Waals surface area contributed by atoms with E-state index in [0.717, 1.165) is 52.5 Å². The monoisotopic (exact) mass is 386 g/mol. The molecule has 1 aromatic carbocycles. The van der Waals surface area contributed by atoms with Gasteiger partial charge in [-0.1, -0.05) is 5.92 Å². The van der Waals surface area contributed by atoms with Crippen LogP contribution in [0.25, 0.3) is 22.5 Å². The lowest BCUT2D eigenvalue weighted by Crippen LogP contribution is -2.46. The molecule has 0 saturated carbocycles. The first-order valence-corrected chi connectivity index (χ1v) is 10.3. The van der Waals surface area contributed by atoms with Crippen LogP contribution in [0, 0.1) is 32.1 Å². The largest absolute Gasteiger partial charge is 0.422 e. The Morgan fingerprint density at radius 1 is 1.10 bits per heavy atom. The summed E-state index contributed by atoms with van der Waals surface area (Å²) in [7, 11) is 2.20. The number of benzene rings is 1. The molecule has 3 aromatic rings. The zero-order valence-corrected chi connectivity index (χ0v) is 17.3. The van der Waals surface area contributed by atoms with E-state index in [-0.39, 0.29) is 0 Å². The smallest absolute Gasteiger partial charge is 0.300 e. The molecular weight excluding hydrogens is 360 g/mol. The van der Waals surface area contributed by atoms with Gasteiger partial charge in [0.15, 0.2) is 5.58 Å². The number of pyridine rings is 1. The Balaban J connectivity index is 1.51. The second-order valence-electron chi connectivity index (χ2n) is 8.50. The Morgan fingerprint density at radius 2 is 1.86 bits per heavy atom. The van der Waals surface area contributed by atoms with Crippen molar-refractivity contribution in [3.05, 3.63) is 41.0 Å². The van der Waals surface area contributed by atoms with Gasteiger partial charge in [0, 0.05) is 30.3 Å². The van der Waals surface area contributed by atoms with Gasteiger partial charge in [-0.2, -0.15) is 4.98 Å². The molecule has 4 heterocycles. The first-order chi connectivity index (χ1) is 14.0. The number of piperidine rings is 1. The van der Waals surface area contributed by atoms with Crippen molar-refractivity contribution < 1.29 is 4.42 Å². The minimum absolute atomic E-state index is 0.488. The molecule has 5 heteroatoms. The van der Waals surface area contributed by atoms with Crippen molar-refractivity contribution in [2.45, 2.75) is 32.7 Å². The fourth-order valence-electron chi connectivity index (χ4n) is 5.06. The predicted octanol–water partition coefficient (Wildman–Crippen LogP) is 4.02. The molecule has 148 valence electrons. The molecule has 2 atom stereocenters. The Morgan fingerprint density at radius 3 is 2.62 bits per heavy atom. The zero-order chi connectivity index (χ0) is 20.1. The van der Waals surface area contributed by atoms with E-state index in [4.69, 9.17) is 20.8 Å². The van der Waals surface area contributed by atoms with Crippen LogP contribution in [0.5, 0.6) is 0 Å². The third-order valence-electron chi connectivity index (χ3n) is 6.51. The molecule has 0 bridgehead atoms. The van der Waals surface area contributed by atoms with Crippen LogP contribution in [0.3, 0.4) is 0 Å². The van der Waals surface area contributed by atoms with Crippen molar-refractivity contribution in [2.75, 3.05) is 31.6 Å². The third-order valence-corrected chi connectivity index (χ3v) is 6.51. The van der Waals surface area contributed by atoms with E-state index >= 15 is 0 Å². The van der Waals surface area contributed by atoms with E-state index in [2.05, 4.69) is 36.6 Å². The molecule has 2 fully saturated rings. The normalized spacial score (nSPS) is 22.1. The average molecular weight is 386 g/mol. The van der Waals surface area contributed by atoms with E-state index in [1.807, 2.05) is 24.3 Å². The maximum Gasteiger partial charge on any atom is 0.300 e. The van der Waals surface area contributed by atoms with Crippen LogP contribution in [0.15, 0.2) is 28.7 Å². The molecule has 5 rings (SSSR count). The highest BCUT2D eigenvalue weighted by molar-refractivity contribution is 5.77. The minimum atomic E-state index is 0.488. The molecule has 0 spiro atoms. The molecule has 2 saturated heterocycles. The summed E-state index contributed by atoms with van der Waals surface area (Å²) in [5, 5.41) is 0. The molecular formula is C24H26N4O. The Hall–Kier alpha value is -2.84. The number of likely N-dealkylation sites (N-methyl/N-ethyl adjacent to an activating group) is 1. The van der Waals surface area contributed by atoms with Crippen molar-refractivity contribution in [1.29, 1.82) is 0 Å². The Labute approximate surface area is 171 Å². The number of rotatable bonds is 2. The zero-order valence-electron chi connectivity index (χ0n) is 17.3. The lowest BCUT2D eigenvalue weighted by molar-refractivity contribution is 0.206. The number of hydrogen-bond acceptors (Lipinski definition) is 5. The van der Waals surface area contributed by atoms with Crippen molar-refractivity contribution in [3.8, 4) is 23.6 Å². The number of oxazole rings is 1. The molecule has 0 amide bonds. The quantitative estimate of drug-likeness (QED) is 0.623. The maximum absolute atomic E-state index is 6.13. The van der Waals surface area contributed by atoms with E-state index < -0.39 is 0 Å². The molecule has 0 aliphatic carbocycles. The number of hydrogen-bond donors (Lipinski definition) is 0. The summed E-state index contributed by atoms with van der Waals surface area (Å²) in [6.07, 6.45) is 8.05. The number of aryl methyl sites for hydroxylation is 2. The number of fused-ring (bicyclic) bond motifs is 2. The number of anilines is 1. The summed E-state index contributed by atoms with van der Waals surface area (Å²) in [5.41, 5.74) is 6.59. The molecule has 29 heavy (non-hydrogen) atoms. The summed E-state index contributed by atoms with van der Waals surface area (Å²) in [5.74, 6) is 3.46. The summed E-state index contributed by atoms with van der Waals surface area (Å²) in [6.45, 7) is 7.42. The summed E-state index contributed by atoms with van der Waals surface area (Å²) in [4.78, 5) is 14.4. The molecule has 0 radical (unpaired) electrons. The number of nitrogens with zero attached hydrogens (tertiary/aromatic N) is 4. The van der Waals surface area contributed by atoms with Gasteiger partial charge in [-0.05, 0) is 81.6 Å².